The Morgan fingerprint density at radius 1 is 1.43 bits per heavy atom. The van der Waals surface area contributed by atoms with Crippen molar-refractivity contribution >= 4 is 39.8 Å². The molecule has 0 atom stereocenters. The number of nitrogens with zero attached hydrogens (tertiary/aromatic N) is 1. The predicted octanol–water partition coefficient (Wildman–Crippen LogP) is 3.03. The molecule has 0 fully saturated rings. The Kier molecular flexibility index (Phi) is 5.16. The molecule has 0 aliphatic heterocycles. The molecule has 0 aliphatic carbocycles. The van der Waals surface area contributed by atoms with Crippen LogP contribution in [0, 0.1) is 0 Å². The molecule has 0 unspecified atom stereocenters. The molecule has 110 valence electrons. The molecule has 21 heavy (non-hydrogen) atoms. The molecule has 1 aromatic heterocycles. The fraction of sp³-hybridized carbons (Fsp3) is 0.267. The van der Waals surface area contributed by atoms with Crippen LogP contribution in [0.4, 0.5) is 0 Å². The highest BCUT2D eigenvalue weighted by Gasteiger charge is 2.08. The number of allylic oxidation sites excluding steroid dienone is 1. The molecule has 5 nitrogen and oxygen atoms in total. The van der Waals surface area contributed by atoms with Crippen LogP contribution in [0.1, 0.15) is 29.4 Å². The van der Waals surface area contributed by atoms with Crippen molar-refractivity contribution in [1.82, 2.24) is 10.2 Å². The van der Waals surface area contributed by atoms with Gasteiger partial charge in [0.2, 0.25) is 0 Å². The third-order valence-corrected chi connectivity index (χ3v) is 3.73. The summed E-state index contributed by atoms with van der Waals surface area (Å²) in [7, 11) is 1.35. The molecule has 0 saturated carbocycles. The van der Waals surface area contributed by atoms with E-state index in [1.54, 1.807) is 19.1 Å². The highest BCUT2D eigenvalue weighted by molar-refractivity contribution is 8.13. The average molecular weight is 304 g/mol. The number of carbonyl (C=O) groups is 2. The zero-order valence-corrected chi connectivity index (χ0v) is 12.7. The van der Waals surface area contributed by atoms with Crippen molar-refractivity contribution in [2.75, 3.05) is 12.9 Å². The molecular formula is C15H16N2O3S. The van der Waals surface area contributed by atoms with E-state index in [4.69, 9.17) is 0 Å². The zero-order chi connectivity index (χ0) is 15.2. The normalized spacial score (nSPS) is 11.1. The number of rotatable bonds is 5. The second-order valence-electron chi connectivity index (χ2n) is 4.39. The Balaban J connectivity index is 2.10. The maximum Gasteiger partial charge on any atom is 0.337 e. The number of aromatic nitrogens is 2. The van der Waals surface area contributed by atoms with Gasteiger partial charge in [0.1, 0.15) is 0 Å². The van der Waals surface area contributed by atoms with Crippen molar-refractivity contribution in [2.45, 2.75) is 13.3 Å². The minimum atomic E-state index is -0.371. The summed E-state index contributed by atoms with van der Waals surface area (Å²) in [5.74, 6) is 0.394. The van der Waals surface area contributed by atoms with Crippen molar-refractivity contribution in [3.05, 3.63) is 35.5 Å². The van der Waals surface area contributed by atoms with E-state index in [0.717, 1.165) is 28.8 Å². The highest BCUT2D eigenvalue weighted by atomic mass is 32.2. The van der Waals surface area contributed by atoms with Gasteiger partial charge in [0.05, 0.1) is 23.9 Å². The number of hydrogen-bond donors (Lipinski definition) is 1. The molecule has 6 heteroatoms. The van der Waals surface area contributed by atoms with E-state index in [1.165, 1.54) is 18.9 Å². The smallest absolute Gasteiger partial charge is 0.337 e. The van der Waals surface area contributed by atoms with Crippen LogP contribution in [-0.4, -0.2) is 34.1 Å². The van der Waals surface area contributed by atoms with E-state index in [-0.39, 0.29) is 11.1 Å². The molecule has 1 aromatic carbocycles. The van der Waals surface area contributed by atoms with Crippen LogP contribution in [0.15, 0.2) is 24.3 Å². The van der Waals surface area contributed by atoms with E-state index in [9.17, 15) is 9.59 Å². The molecule has 1 N–H and O–H groups in total. The van der Waals surface area contributed by atoms with Gasteiger partial charge in [-0.05, 0) is 30.7 Å². The highest BCUT2D eigenvalue weighted by Crippen LogP contribution is 2.19. The lowest BCUT2D eigenvalue weighted by atomic mass is 10.1. The number of nitrogens with one attached hydrogen (secondary N) is 1. The van der Waals surface area contributed by atoms with Crippen LogP contribution >= 0.6 is 11.8 Å². The lowest BCUT2D eigenvalue weighted by molar-refractivity contribution is -0.109. The second-order valence-corrected chi connectivity index (χ2v) is 5.66. The van der Waals surface area contributed by atoms with Crippen LogP contribution < -0.4 is 0 Å². The molecule has 0 amide bonds. The number of benzene rings is 1. The van der Waals surface area contributed by atoms with Gasteiger partial charge in [-0.3, -0.25) is 9.89 Å². The number of carbonyl (C=O) groups excluding carboxylic acids is 2. The van der Waals surface area contributed by atoms with Crippen molar-refractivity contribution in [3.8, 4) is 0 Å². The maximum atomic E-state index is 11.5. The largest absolute Gasteiger partial charge is 0.465 e. The quantitative estimate of drug-likeness (QED) is 0.679. The number of H-pyrrole nitrogens is 1. The van der Waals surface area contributed by atoms with E-state index in [1.807, 2.05) is 18.2 Å². The van der Waals surface area contributed by atoms with Gasteiger partial charge in [0.25, 0.3) is 0 Å². The summed E-state index contributed by atoms with van der Waals surface area (Å²) in [5, 5.41) is 8.19. The number of thioether (sulfide) groups is 1. The number of fused-ring (bicyclic) bond motifs is 1. The number of ether oxygens (including phenoxy) is 1. The summed E-state index contributed by atoms with van der Waals surface area (Å²) >= 11 is 1.31. The Hall–Kier alpha value is -2.08. The third kappa shape index (κ3) is 3.95. The number of esters is 1. The Morgan fingerprint density at radius 2 is 2.24 bits per heavy atom. The first kappa shape index (κ1) is 15.3. The number of aromatic amines is 1. The van der Waals surface area contributed by atoms with Gasteiger partial charge < -0.3 is 4.74 Å². The lowest BCUT2D eigenvalue weighted by Gasteiger charge is -1.98. The Morgan fingerprint density at radius 3 is 2.95 bits per heavy atom. The number of hydrogen-bond acceptors (Lipinski definition) is 5. The molecule has 2 aromatic rings. The van der Waals surface area contributed by atoms with E-state index < -0.39 is 0 Å². The van der Waals surface area contributed by atoms with Crippen LogP contribution in [0.2, 0.25) is 0 Å². The number of methoxy groups -OCH3 is 1. The van der Waals surface area contributed by atoms with Gasteiger partial charge in [0, 0.05) is 18.1 Å². The van der Waals surface area contributed by atoms with Gasteiger partial charge in [-0.2, -0.15) is 5.10 Å². The Bertz CT molecular complexity index is 691. The molecule has 0 spiro atoms. The zero-order valence-electron chi connectivity index (χ0n) is 11.9. The molecule has 0 bridgehead atoms. The predicted molar refractivity (Wildman–Crippen MR) is 84.2 cm³/mol. The second kappa shape index (κ2) is 7.08. The minimum Gasteiger partial charge on any atom is -0.465 e. The maximum absolute atomic E-state index is 11.5. The van der Waals surface area contributed by atoms with Crippen LogP contribution in [0.3, 0.4) is 0 Å². The lowest BCUT2D eigenvalue weighted by Crippen LogP contribution is -2.00. The van der Waals surface area contributed by atoms with Gasteiger partial charge in [-0.15, -0.1) is 0 Å². The topological polar surface area (TPSA) is 72.1 Å². The standard InChI is InChI=1S/C15H16N2O3S/c1-10(18)21-8-4-3-5-13-12-7-6-11(15(19)20-2)9-14(12)17-16-13/h3,5-7,9H,4,8H2,1-2H3,(H,16,17). The van der Waals surface area contributed by atoms with Crippen LogP contribution in [0.25, 0.3) is 17.0 Å². The molecule has 0 saturated heterocycles. The van der Waals surface area contributed by atoms with Crippen molar-refractivity contribution < 1.29 is 14.3 Å². The van der Waals surface area contributed by atoms with Crippen molar-refractivity contribution in [2.24, 2.45) is 0 Å². The molecule has 0 radical (unpaired) electrons. The molecular weight excluding hydrogens is 288 g/mol. The van der Waals surface area contributed by atoms with Gasteiger partial charge in [-0.25, -0.2) is 4.79 Å². The van der Waals surface area contributed by atoms with Crippen LogP contribution in [0.5, 0.6) is 0 Å². The van der Waals surface area contributed by atoms with Crippen molar-refractivity contribution in [3.63, 3.8) is 0 Å². The average Bonchev–Trinajstić information content (AvgIpc) is 2.88. The summed E-state index contributed by atoms with van der Waals surface area (Å²) in [6, 6.07) is 5.28. The minimum absolute atomic E-state index is 0.129. The van der Waals surface area contributed by atoms with Gasteiger partial charge in [-0.1, -0.05) is 17.8 Å². The fourth-order valence-electron chi connectivity index (χ4n) is 1.88. The summed E-state index contributed by atoms with van der Waals surface area (Å²) in [6.07, 6.45) is 4.70. The molecule has 1 heterocycles. The molecule has 0 aliphatic rings. The Labute approximate surface area is 126 Å². The first-order chi connectivity index (χ1) is 10.1. The summed E-state index contributed by atoms with van der Waals surface area (Å²) in [6.45, 7) is 1.56. The SMILES string of the molecule is COC(=O)c1ccc2c(C=CCCSC(C)=O)n[nH]c2c1. The summed E-state index contributed by atoms with van der Waals surface area (Å²) in [4.78, 5) is 22.3. The third-order valence-electron chi connectivity index (χ3n) is 2.88. The fourth-order valence-corrected chi connectivity index (χ4v) is 2.42. The first-order valence-electron chi connectivity index (χ1n) is 6.48. The van der Waals surface area contributed by atoms with Gasteiger partial charge in [0.15, 0.2) is 5.12 Å². The monoisotopic (exact) mass is 304 g/mol. The van der Waals surface area contributed by atoms with E-state index in [2.05, 4.69) is 14.9 Å². The van der Waals surface area contributed by atoms with Crippen molar-refractivity contribution in [1.29, 1.82) is 0 Å². The van der Waals surface area contributed by atoms with E-state index in [0.29, 0.717) is 5.56 Å². The van der Waals surface area contributed by atoms with Crippen LogP contribution in [-0.2, 0) is 9.53 Å². The first-order valence-corrected chi connectivity index (χ1v) is 7.46. The van der Waals surface area contributed by atoms with E-state index >= 15 is 0 Å². The summed E-state index contributed by atoms with van der Waals surface area (Å²) < 4.78 is 4.69. The molecule has 2 rings (SSSR count). The van der Waals surface area contributed by atoms with Gasteiger partial charge >= 0.3 is 5.97 Å². The summed E-state index contributed by atoms with van der Waals surface area (Å²) in [5.41, 5.74) is 2.09.